The number of hydrogen-bond donors (Lipinski definition) is 2. The molecule has 0 saturated carbocycles. The number of H-pyrrole nitrogens is 1. The number of nitro benzene ring substituents is 1. The number of nitrogens with one attached hydrogen (secondary N) is 2. The Morgan fingerprint density at radius 1 is 1.20 bits per heavy atom. The Morgan fingerprint density at radius 2 is 1.96 bits per heavy atom. The monoisotopic (exact) mass is 357 g/mol. The van der Waals surface area contributed by atoms with E-state index in [1.807, 2.05) is 0 Å². The predicted molar refractivity (Wildman–Crippen MR) is 92.6 cm³/mol. The number of non-ortho nitro benzene ring substituents is 1. The Balaban J connectivity index is 1.81. The third-order valence-corrected chi connectivity index (χ3v) is 4.09. The van der Waals surface area contributed by atoms with Gasteiger partial charge in [0.05, 0.1) is 10.5 Å². The molecule has 2 aromatic carbocycles. The highest BCUT2D eigenvalue weighted by Crippen LogP contribution is 2.24. The van der Waals surface area contributed by atoms with Crippen LogP contribution in [0.2, 0.25) is 5.02 Å². The summed E-state index contributed by atoms with van der Waals surface area (Å²) in [6, 6.07) is 11.0. The minimum atomic E-state index is -0.813. The summed E-state index contributed by atoms with van der Waals surface area (Å²) in [5, 5.41) is 14.2. The molecule has 126 valence electrons. The molecule has 8 heteroatoms. The van der Waals surface area contributed by atoms with Crippen molar-refractivity contribution in [3.8, 4) is 0 Å². The minimum absolute atomic E-state index is 0.0790. The lowest BCUT2D eigenvalue weighted by Gasteiger charge is -2.06. The van der Waals surface area contributed by atoms with E-state index in [0.29, 0.717) is 21.5 Å². The molecule has 25 heavy (non-hydrogen) atoms. The number of carbonyl (C=O) groups is 2. The first-order chi connectivity index (χ1) is 12.0. The van der Waals surface area contributed by atoms with Gasteiger partial charge < -0.3 is 10.3 Å². The van der Waals surface area contributed by atoms with Gasteiger partial charge in [0.25, 0.3) is 17.4 Å². The molecule has 0 unspecified atom stereocenters. The first-order valence-electron chi connectivity index (χ1n) is 7.29. The number of Topliss-reactive ketones (excluding diaryl/α,β-unsaturated/α-hetero) is 1. The second kappa shape index (κ2) is 6.74. The summed E-state index contributed by atoms with van der Waals surface area (Å²) < 4.78 is 0. The average Bonchev–Trinajstić information content (AvgIpc) is 3.03. The third-order valence-electron chi connectivity index (χ3n) is 3.72. The summed E-state index contributed by atoms with van der Waals surface area (Å²) in [7, 11) is 0. The molecule has 3 rings (SSSR count). The maximum atomic E-state index is 12.4. The molecule has 0 atom stereocenters. The van der Waals surface area contributed by atoms with Crippen LogP contribution in [0.5, 0.6) is 0 Å². The summed E-state index contributed by atoms with van der Waals surface area (Å²) in [4.78, 5) is 37.7. The van der Waals surface area contributed by atoms with Crippen LogP contribution >= 0.6 is 11.6 Å². The van der Waals surface area contributed by atoms with E-state index in [4.69, 9.17) is 11.6 Å². The van der Waals surface area contributed by atoms with E-state index in [1.54, 1.807) is 24.3 Å². The van der Waals surface area contributed by atoms with Gasteiger partial charge in [0.2, 0.25) is 0 Å². The molecular formula is C17H12ClN3O4. The fourth-order valence-corrected chi connectivity index (χ4v) is 2.63. The second-order valence-electron chi connectivity index (χ2n) is 5.29. The number of fused-ring (bicyclic) bond motifs is 1. The van der Waals surface area contributed by atoms with E-state index in [0.717, 1.165) is 0 Å². The molecule has 2 N–H and O–H groups in total. The first kappa shape index (κ1) is 16.7. The number of rotatable bonds is 5. The van der Waals surface area contributed by atoms with Crippen LogP contribution < -0.4 is 5.32 Å². The van der Waals surface area contributed by atoms with E-state index in [-0.39, 0.29) is 17.8 Å². The Kier molecular flexibility index (Phi) is 4.49. The minimum Gasteiger partial charge on any atom is -0.360 e. The largest absolute Gasteiger partial charge is 0.360 e. The van der Waals surface area contributed by atoms with Gasteiger partial charge in [0.15, 0.2) is 0 Å². The van der Waals surface area contributed by atoms with Gasteiger partial charge in [0, 0.05) is 40.8 Å². The predicted octanol–water partition coefficient (Wildman–Crippen LogP) is 3.23. The standard InChI is InChI=1S/C17H12ClN3O4/c18-14-4-2-1-3-10(14)8-20-17(23)16(22)13-9-19-15-6-5-11(21(24)25)7-12(13)15/h1-7,9,19H,8H2,(H,20,23). The quantitative estimate of drug-likeness (QED) is 0.316. The fourth-order valence-electron chi connectivity index (χ4n) is 2.43. The molecule has 0 spiro atoms. The summed E-state index contributed by atoms with van der Waals surface area (Å²) in [5.74, 6) is -1.59. The lowest BCUT2D eigenvalue weighted by atomic mass is 10.1. The summed E-state index contributed by atoms with van der Waals surface area (Å²) >= 11 is 6.01. The van der Waals surface area contributed by atoms with Crippen molar-refractivity contribution >= 4 is 39.9 Å². The van der Waals surface area contributed by atoms with Crippen LogP contribution in [0.4, 0.5) is 5.69 Å². The average molecular weight is 358 g/mol. The van der Waals surface area contributed by atoms with Gasteiger partial charge in [0.1, 0.15) is 0 Å². The number of aromatic amines is 1. The topological polar surface area (TPSA) is 105 Å². The number of hydrogen-bond acceptors (Lipinski definition) is 4. The van der Waals surface area contributed by atoms with Gasteiger partial charge in [-0.25, -0.2) is 0 Å². The van der Waals surface area contributed by atoms with Crippen molar-refractivity contribution in [2.24, 2.45) is 0 Å². The van der Waals surface area contributed by atoms with Crippen LogP contribution in [0.25, 0.3) is 10.9 Å². The number of carbonyl (C=O) groups excluding carboxylic acids is 2. The molecule has 1 aromatic heterocycles. The smallest absolute Gasteiger partial charge is 0.292 e. The number of ketones is 1. The lowest BCUT2D eigenvalue weighted by Crippen LogP contribution is -2.30. The van der Waals surface area contributed by atoms with Crippen molar-refractivity contribution in [1.29, 1.82) is 0 Å². The number of aromatic nitrogens is 1. The second-order valence-corrected chi connectivity index (χ2v) is 5.70. The number of nitrogens with zero attached hydrogens (tertiary/aromatic N) is 1. The van der Waals surface area contributed by atoms with Gasteiger partial charge in [-0.3, -0.25) is 19.7 Å². The van der Waals surface area contributed by atoms with Crippen molar-refractivity contribution in [3.63, 3.8) is 0 Å². The molecule has 0 radical (unpaired) electrons. The van der Waals surface area contributed by atoms with Crippen LogP contribution in [0.1, 0.15) is 15.9 Å². The molecule has 1 heterocycles. The van der Waals surface area contributed by atoms with Crippen molar-refractivity contribution in [1.82, 2.24) is 10.3 Å². The Hall–Kier alpha value is -3.19. The zero-order valence-corrected chi connectivity index (χ0v) is 13.5. The van der Waals surface area contributed by atoms with Crippen molar-refractivity contribution < 1.29 is 14.5 Å². The number of nitro groups is 1. The molecule has 0 saturated heterocycles. The van der Waals surface area contributed by atoms with Gasteiger partial charge in [-0.05, 0) is 17.7 Å². The lowest BCUT2D eigenvalue weighted by molar-refractivity contribution is -0.384. The van der Waals surface area contributed by atoms with Crippen LogP contribution in [0.15, 0.2) is 48.7 Å². The molecule has 3 aromatic rings. The van der Waals surface area contributed by atoms with E-state index in [2.05, 4.69) is 10.3 Å². The van der Waals surface area contributed by atoms with E-state index < -0.39 is 16.6 Å². The van der Waals surface area contributed by atoms with Gasteiger partial charge in [-0.1, -0.05) is 29.8 Å². The number of amides is 1. The third kappa shape index (κ3) is 3.36. The van der Waals surface area contributed by atoms with Crippen LogP contribution in [0.3, 0.4) is 0 Å². The molecule has 1 amide bonds. The van der Waals surface area contributed by atoms with Crippen LogP contribution in [0, 0.1) is 10.1 Å². The zero-order valence-electron chi connectivity index (χ0n) is 12.8. The summed E-state index contributed by atoms with van der Waals surface area (Å²) in [5.41, 5.74) is 1.14. The first-order valence-corrected chi connectivity index (χ1v) is 7.66. The molecule has 0 fully saturated rings. The molecular weight excluding hydrogens is 346 g/mol. The van der Waals surface area contributed by atoms with Gasteiger partial charge in [-0.2, -0.15) is 0 Å². The Bertz CT molecular complexity index is 996. The van der Waals surface area contributed by atoms with Crippen molar-refractivity contribution in [2.45, 2.75) is 6.54 Å². The Morgan fingerprint density at radius 3 is 2.68 bits per heavy atom. The Labute approximate surface area is 146 Å². The molecule has 0 aliphatic carbocycles. The van der Waals surface area contributed by atoms with E-state index in [9.17, 15) is 19.7 Å². The van der Waals surface area contributed by atoms with E-state index >= 15 is 0 Å². The van der Waals surface area contributed by atoms with Crippen molar-refractivity contribution in [2.75, 3.05) is 0 Å². The van der Waals surface area contributed by atoms with E-state index in [1.165, 1.54) is 24.4 Å². The normalized spacial score (nSPS) is 10.6. The molecule has 0 bridgehead atoms. The fraction of sp³-hybridized carbons (Fsp3) is 0.0588. The highest BCUT2D eigenvalue weighted by molar-refractivity contribution is 6.45. The summed E-state index contributed by atoms with van der Waals surface area (Å²) in [6.07, 6.45) is 1.37. The van der Waals surface area contributed by atoms with Gasteiger partial charge >= 0.3 is 0 Å². The van der Waals surface area contributed by atoms with Gasteiger partial charge in [-0.15, -0.1) is 0 Å². The molecule has 0 aliphatic heterocycles. The summed E-state index contributed by atoms with van der Waals surface area (Å²) in [6.45, 7) is 0.104. The number of halogens is 1. The van der Waals surface area contributed by atoms with Crippen molar-refractivity contribution in [3.05, 3.63) is 74.9 Å². The van der Waals surface area contributed by atoms with Crippen LogP contribution in [-0.2, 0) is 11.3 Å². The SMILES string of the molecule is O=C(NCc1ccccc1Cl)C(=O)c1c[nH]c2ccc([N+](=O)[O-])cc12. The molecule has 7 nitrogen and oxygen atoms in total. The highest BCUT2D eigenvalue weighted by atomic mass is 35.5. The molecule has 0 aliphatic rings. The zero-order chi connectivity index (χ0) is 18.0. The highest BCUT2D eigenvalue weighted by Gasteiger charge is 2.21. The van der Waals surface area contributed by atoms with Crippen LogP contribution in [-0.4, -0.2) is 21.6 Å². The number of benzene rings is 2. The maximum absolute atomic E-state index is 12.4. The maximum Gasteiger partial charge on any atom is 0.292 e.